The number of methoxy groups -OCH3 is 2. The first-order chi connectivity index (χ1) is 13.7. The largest absolute Gasteiger partial charge is 0.495 e. The van der Waals surface area contributed by atoms with Crippen molar-refractivity contribution in [3.05, 3.63) is 36.3 Å². The zero-order valence-electron chi connectivity index (χ0n) is 16.5. The Morgan fingerprint density at radius 3 is 2.86 bits per heavy atom. The van der Waals surface area contributed by atoms with Crippen molar-refractivity contribution in [2.45, 2.75) is 38.8 Å². The third kappa shape index (κ3) is 3.56. The van der Waals surface area contributed by atoms with Gasteiger partial charge in [-0.05, 0) is 30.5 Å². The van der Waals surface area contributed by atoms with E-state index < -0.39 is 0 Å². The smallest absolute Gasteiger partial charge is 0.203 e. The Kier molecular flexibility index (Phi) is 5.23. The van der Waals surface area contributed by atoms with E-state index in [1.165, 1.54) is 0 Å². The molecular weight excluding hydrogens is 358 g/mol. The molecule has 28 heavy (non-hydrogen) atoms. The van der Waals surface area contributed by atoms with Gasteiger partial charge in [0.1, 0.15) is 24.0 Å². The number of fused-ring (bicyclic) bond motifs is 2. The van der Waals surface area contributed by atoms with Crippen LogP contribution in [0.3, 0.4) is 0 Å². The lowest BCUT2D eigenvalue weighted by molar-refractivity contribution is 0.0793. The second-order valence-electron chi connectivity index (χ2n) is 6.91. The Labute approximate surface area is 164 Å². The van der Waals surface area contributed by atoms with E-state index in [0.717, 1.165) is 41.7 Å². The highest BCUT2D eigenvalue weighted by atomic mass is 16.6. The number of benzene rings is 1. The lowest BCUT2D eigenvalue weighted by Gasteiger charge is -2.28. The maximum atomic E-state index is 6.15. The van der Waals surface area contributed by atoms with Crippen LogP contribution in [0.5, 0.6) is 23.0 Å². The van der Waals surface area contributed by atoms with Crippen LogP contribution in [-0.4, -0.2) is 41.5 Å². The number of rotatable bonds is 7. The summed E-state index contributed by atoms with van der Waals surface area (Å²) in [4.78, 5) is 8.89. The maximum absolute atomic E-state index is 6.15. The van der Waals surface area contributed by atoms with Gasteiger partial charge < -0.3 is 23.5 Å². The summed E-state index contributed by atoms with van der Waals surface area (Å²) in [5, 5.41) is 0. The molecule has 4 rings (SSSR count). The minimum absolute atomic E-state index is 0.0731. The monoisotopic (exact) mass is 383 g/mol. The van der Waals surface area contributed by atoms with Gasteiger partial charge >= 0.3 is 0 Å². The van der Waals surface area contributed by atoms with Crippen molar-refractivity contribution in [1.29, 1.82) is 0 Å². The average Bonchev–Trinajstić information content (AvgIpc) is 3.13. The van der Waals surface area contributed by atoms with Crippen LogP contribution in [0.25, 0.3) is 11.2 Å². The van der Waals surface area contributed by atoms with Crippen LogP contribution >= 0.6 is 0 Å². The van der Waals surface area contributed by atoms with Gasteiger partial charge in [0.15, 0.2) is 17.1 Å². The summed E-state index contributed by atoms with van der Waals surface area (Å²) in [5.41, 5.74) is 2.63. The predicted molar refractivity (Wildman–Crippen MR) is 106 cm³/mol. The second-order valence-corrected chi connectivity index (χ2v) is 6.91. The minimum atomic E-state index is 0.0731. The third-order valence-electron chi connectivity index (χ3n) is 4.91. The number of hydrogen-bond acceptors (Lipinski definition) is 6. The summed E-state index contributed by atoms with van der Waals surface area (Å²) in [7, 11) is 3.27. The zero-order valence-corrected chi connectivity index (χ0v) is 16.5. The van der Waals surface area contributed by atoms with Crippen molar-refractivity contribution in [3.8, 4) is 23.0 Å². The Hall–Kier alpha value is -2.96. The van der Waals surface area contributed by atoms with Crippen LogP contribution in [-0.2, 0) is 6.54 Å². The van der Waals surface area contributed by atoms with Gasteiger partial charge in [-0.2, -0.15) is 0 Å². The van der Waals surface area contributed by atoms with Gasteiger partial charge in [-0.25, -0.2) is 9.97 Å². The quantitative estimate of drug-likeness (QED) is 0.618. The molecule has 3 aromatic rings. The molecule has 7 nitrogen and oxygen atoms in total. The van der Waals surface area contributed by atoms with Gasteiger partial charge in [-0.3, -0.25) is 0 Å². The number of hydrogen-bond donors (Lipinski definition) is 0. The van der Waals surface area contributed by atoms with Crippen LogP contribution in [0.2, 0.25) is 0 Å². The van der Waals surface area contributed by atoms with Gasteiger partial charge in [0.25, 0.3) is 0 Å². The molecule has 1 aliphatic heterocycles. The van der Waals surface area contributed by atoms with E-state index >= 15 is 0 Å². The van der Waals surface area contributed by atoms with Crippen LogP contribution in [0.15, 0.2) is 30.7 Å². The Bertz CT molecular complexity index is 952. The summed E-state index contributed by atoms with van der Waals surface area (Å²) in [6, 6.07) is 5.86. The molecule has 2 aromatic heterocycles. The molecule has 1 aliphatic rings. The van der Waals surface area contributed by atoms with E-state index in [2.05, 4.69) is 16.9 Å². The normalized spacial score (nSPS) is 15.6. The van der Waals surface area contributed by atoms with Crippen LogP contribution < -0.4 is 18.9 Å². The van der Waals surface area contributed by atoms with Gasteiger partial charge in [0.05, 0.1) is 33.3 Å². The highest BCUT2D eigenvalue weighted by Crippen LogP contribution is 2.42. The molecule has 0 fully saturated rings. The fraction of sp³-hybridized carbons (Fsp3) is 0.429. The summed E-state index contributed by atoms with van der Waals surface area (Å²) in [6.07, 6.45) is 6.79. The number of imidazole rings is 1. The molecule has 0 aliphatic carbocycles. The van der Waals surface area contributed by atoms with Gasteiger partial charge in [-0.1, -0.05) is 13.3 Å². The summed E-state index contributed by atoms with van der Waals surface area (Å²) < 4.78 is 24.9. The molecule has 1 atom stereocenters. The molecule has 3 heterocycles. The molecule has 1 aromatic carbocycles. The fourth-order valence-electron chi connectivity index (χ4n) is 3.41. The summed E-state index contributed by atoms with van der Waals surface area (Å²) >= 11 is 0. The molecule has 0 spiro atoms. The number of ether oxygens (including phenoxy) is 4. The molecule has 0 N–H and O–H groups in total. The van der Waals surface area contributed by atoms with E-state index in [0.29, 0.717) is 30.4 Å². The van der Waals surface area contributed by atoms with E-state index in [9.17, 15) is 0 Å². The molecule has 1 unspecified atom stereocenters. The SMILES string of the molecule is CCCCC1COc2cc(Cn3cnc4cc(OC)cnc43)cc(OC)c2O1. The topological polar surface area (TPSA) is 67.6 Å². The number of pyridine rings is 1. The maximum Gasteiger partial charge on any atom is 0.203 e. The van der Waals surface area contributed by atoms with Gasteiger partial charge in [0, 0.05) is 6.07 Å². The molecule has 0 bridgehead atoms. The second kappa shape index (κ2) is 7.96. The van der Waals surface area contributed by atoms with E-state index in [4.69, 9.17) is 18.9 Å². The van der Waals surface area contributed by atoms with Gasteiger partial charge in [-0.15, -0.1) is 0 Å². The zero-order chi connectivity index (χ0) is 19.5. The van der Waals surface area contributed by atoms with Crippen LogP contribution in [0.1, 0.15) is 31.7 Å². The molecule has 148 valence electrons. The Morgan fingerprint density at radius 2 is 2.07 bits per heavy atom. The lowest BCUT2D eigenvalue weighted by atomic mass is 10.1. The molecular formula is C21H25N3O4. The van der Waals surface area contributed by atoms with Crippen molar-refractivity contribution in [2.75, 3.05) is 20.8 Å². The number of unbranched alkanes of at least 4 members (excludes halogenated alkanes) is 1. The number of aromatic nitrogens is 3. The highest BCUT2D eigenvalue weighted by molar-refractivity contribution is 5.72. The van der Waals surface area contributed by atoms with Crippen molar-refractivity contribution in [3.63, 3.8) is 0 Å². The lowest BCUT2D eigenvalue weighted by Crippen LogP contribution is -2.29. The summed E-state index contributed by atoms with van der Waals surface area (Å²) in [6.45, 7) is 3.34. The molecule has 0 amide bonds. The van der Waals surface area contributed by atoms with Crippen molar-refractivity contribution in [2.24, 2.45) is 0 Å². The molecule has 0 saturated heterocycles. The van der Waals surface area contributed by atoms with Crippen LogP contribution in [0.4, 0.5) is 0 Å². The van der Waals surface area contributed by atoms with Crippen LogP contribution in [0, 0.1) is 0 Å². The molecule has 0 radical (unpaired) electrons. The van der Waals surface area contributed by atoms with E-state index in [-0.39, 0.29) is 6.10 Å². The van der Waals surface area contributed by atoms with Crippen molar-refractivity contribution >= 4 is 11.2 Å². The Morgan fingerprint density at radius 1 is 1.18 bits per heavy atom. The van der Waals surface area contributed by atoms with Gasteiger partial charge in [0.2, 0.25) is 5.75 Å². The van der Waals surface area contributed by atoms with E-state index in [1.54, 1.807) is 26.7 Å². The average molecular weight is 383 g/mol. The fourth-order valence-corrected chi connectivity index (χ4v) is 3.41. The standard InChI is InChI=1S/C21H25N3O4/c1-4-5-6-15-12-27-19-8-14(7-18(26-3)20(19)28-15)11-24-13-23-17-9-16(25-2)10-22-21(17)24/h7-10,13,15H,4-6,11-12H2,1-3H3. The Balaban J connectivity index is 1.60. The highest BCUT2D eigenvalue weighted by Gasteiger charge is 2.25. The first-order valence-electron chi connectivity index (χ1n) is 9.57. The molecule has 0 saturated carbocycles. The minimum Gasteiger partial charge on any atom is -0.495 e. The first-order valence-corrected chi connectivity index (χ1v) is 9.57. The third-order valence-corrected chi connectivity index (χ3v) is 4.91. The molecule has 7 heteroatoms. The van der Waals surface area contributed by atoms with Crippen molar-refractivity contribution in [1.82, 2.24) is 14.5 Å². The first kappa shape index (κ1) is 18.4. The van der Waals surface area contributed by atoms with Crippen molar-refractivity contribution < 1.29 is 18.9 Å². The summed E-state index contributed by atoms with van der Waals surface area (Å²) in [5.74, 6) is 2.79. The van der Waals surface area contributed by atoms with E-state index in [1.807, 2.05) is 22.8 Å². The predicted octanol–water partition coefficient (Wildman–Crippen LogP) is 3.83. The number of nitrogens with zero attached hydrogens (tertiary/aromatic N) is 3.